The van der Waals surface area contributed by atoms with Crippen molar-refractivity contribution >= 4 is 23.3 Å². The van der Waals surface area contributed by atoms with Crippen LogP contribution in [0, 0.1) is 11.8 Å². The fourth-order valence-corrected chi connectivity index (χ4v) is 3.62. The molecule has 6 nitrogen and oxygen atoms in total. The van der Waals surface area contributed by atoms with Crippen LogP contribution in [0.3, 0.4) is 0 Å². The van der Waals surface area contributed by atoms with Crippen molar-refractivity contribution in [3.63, 3.8) is 0 Å². The van der Waals surface area contributed by atoms with E-state index in [4.69, 9.17) is 9.47 Å². The second kappa shape index (κ2) is 4.76. The average molecular weight is 313 g/mol. The van der Waals surface area contributed by atoms with Gasteiger partial charge in [-0.05, 0) is 25.1 Å². The molecular weight excluding hydrogens is 298 g/mol. The van der Waals surface area contributed by atoms with Crippen LogP contribution in [-0.4, -0.2) is 36.9 Å². The lowest BCUT2D eigenvalue weighted by molar-refractivity contribution is -0.124. The van der Waals surface area contributed by atoms with Gasteiger partial charge in [0.25, 0.3) is 0 Å². The number of Topliss-reactive ketones (excluding diaryl/α,β-unsaturated/α-hetero) is 1. The lowest BCUT2D eigenvalue weighted by Gasteiger charge is -2.20. The summed E-state index contributed by atoms with van der Waals surface area (Å²) in [5, 5.41) is 0. The second-order valence-electron chi connectivity index (χ2n) is 5.96. The van der Waals surface area contributed by atoms with Crippen LogP contribution in [0.1, 0.15) is 17.3 Å². The first-order chi connectivity index (χ1) is 11.0. The molecule has 2 bridgehead atoms. The number of carbonyl (C=O) groups is 3. The van der Waals surface area contributed by atoms with Crippen LogP contribution in [0.2, 0.25) is 0 Å². The molecule has 0 spiro atoms. The molecule has 2 saturated heterocycles. The van der Waals surface area contributed by atoms with Gasteiger partial charge in [0.1, 0.15) is 5.75 Å². The van der Waals surface area contributed by atoms with E-state index < -0.39 is 11.8 Å². The monoisotopic (exact) mass is 313 g/mol. The first-order valence-corrected chi connectivity index (χ1v) is 7.43. The molecule has 0 saturated carbocycles. The molecule has 1 aromatic carbocycles. The number of rotatable bonds is 3. The normalized spacial score (nSPS) is 31.0. The van der Waals surface area contributed by atoms with Crippen molar-refractivity contribution in [3.8, 4) is 5.75 Å². The van der Waals surface area contributed by atoms with Crippen LogP contribution in [0.5, 0.6) is 5.75 Å². The predicted molar refractivity (Wildman–Crippen MR) is 80.3 cm³/mol. The minimum absolute atomic E-state index is 0.140. The highest BCUT2D eigenvalue weighted by Crippen LogP contribution is 2.47. The molecule has 3 heterocycles. The number of ether oxygens (including phenoxy) is 2. The third kappa shape index (κ3) is 1.81. The number of ketones is 1. The van der Waals surface area contributed by atoms with E-state index in [1.54, 1.807) is 12.1 Å². The van der Waals surface area contributed by atoms with Crippen molar-refractivity contribution in [2.75, 3.05) is 12.0 Å². The zero-order chi connectivity index (χ0) is 16.3. The minimum atomic E-state index is -0.483. The predicted octanol–water partition coefficient (Wildman–Crippen LogP) is 1.34. The molecule has 1 aromatic rings. The summed E-state index contributed by atoms with van der Waals surface area (Å²) in [4.78, 5) is 38.4. The van der Waals surface area contributed by atoms with Gasteiger partial charge in [-0.1, -0.05) is 12.2 Å². The van der Waals surface area contributed by atoms with Crippen LogP contribution < -0.4 is 9.64 Å². The van der Waals surface area contributed by atoms with E-state index in [-0.39, 0.29) is 29.8 Å². The Bertz CT molecular complexity index is 738. The molecule has 3 aliphatic rings. The molecule has 2 amide bonds. The first-order valence-electron chi connectivity index (χ1n) is 7.43. The van der Waals surface area contributed by atoms with Crippen molar-refractivity contribution in [2.45, 2.75) is 19.1 Å². The Kier molecular flexibility index (Phi) is 2.93. The van der Waals surface area contributed by atoms with Crippen molar-refractivity contribution in [3.05, 3.63) is 35.9 Å². The van der Waals surface area contributed by atoms with Gasteiger partial charge >= 0.3 is 0 Å². The van der Waals surface area contributed by atoms with Gasteiger partial charge in [-0.25, -0.2) is 4.90 Å². The third-order valence-corrected chi connectivity index (χ3v) is 4.74. The SMILES string of the molecule is COc1ccc(C(C)=O)cc1N1C(=O)[C@@H]2[C@@H](C1=O)[C@@H]1C=C[C@@H]2O1. The molecule has 0 radical (unpaired) electrons. The number of methoxy groups -OCH3 is 1. The summed E-state index contributed by atoms with van der Waals surface area (Å²) in [6.45, 7) is 1.44. The molecule has 23 heavy (non-hydrogen) atoms. The quantitative estimate of drug-likeness (QED) is 0.478. The summed E-state index contributed by atoms with van der Waals surface area (Å²) in [6.07, 6.45) is 3.00. The topological polar surface area (TPSA) is 72.9 Å². The Labute approximate surface area is 132 Å². The Morgan fingerprint density at radius 3 is 2.26 bits per heavy atom. The zero-order valence-corrected chi connectivity index (χ0v) is 12.7. The lowest BCUT2D eigenvalue weighted by atomic mass is 9.85. The molecule has 3 aliphatic heterocycles. The van der Waals surface area contributed by atoms with E-state index in [1.807, 2.05) is 12.2 Å². The highest BCUT2D eigenvalue weighted by atomic mass is 16.5. The molecule has 0 unspecified atom stereocenters. The first kappa shape index (κ1) is 14.1. The Balaban J connectivity index is 1.80. The van der Waals surface area contributed by atoms with E-state index >= 15 is 0 Å². The maximum absolute atomic E-state index is 12.8. The minimum Gasteiger partial charge on any atom is -0.495 e. The summed E-state index contributed by atoms with van der Waals surface area (Å²) in [6, 6.07) is 4.75. The van der Waals surface area contributed by atoms with E-state index in [2.05, 4.69) is 0 Å². The number of hydrogen-bond donors (Lipinski definition) is 0. The van der Waals surface area contributed by atoms with Crippen molar-refractivity contribution in [1.29, 1.82) is 0 Å². The van der Waals surface area contributed by atoms with Crippen molar-refractivity contribution < 1.29 is 23.9 Å². The zero-order valence-electron chi connectivity index (χ0n) is 12.7. The fraction of sp³-hybridized carbons (Fsp3) is 0.353. The molecule has 0 aromatic heterocycles. The van der Waals surface area contributed by atoms with Gasteiger partial charge in [0, 0.05) is 5.56 Å². The maximum atomic E-state index is 12.8. The smallest absolute Gasteiger partial charge is 0.240 e. The van der Waals surface area contributed by atoms with Gasteiger partial charge in [-0.3, -0.25) is 14.4 Å². The highest BCUT2D eigenvalue weighted by Gasteiger charge is 2.61. The Morgan fingerprint density at radius 2 is 1.74 bits per heavy atom. The van der Waals surface area contributed by atoms with Crippen molar-refractivity contribution in [2.24, 2.45) is 11.8 Å². The molecule has 4 rings (SSSR count). The number of anilines is 1. The standard InChI is InChI=1S/C17H15NO5/c1-8(19)9-3-4-11(22-2)10(7-9)18-16(20)14-12-5-6-13(23-12)15(14)17(18)21/h3-7,12-15H,1-2H3/t12-,13-,14-,15-/m0/s1. The number of carbonyl (C=O) groups excluding carboxylic acids is 3. The van der Waals surface area contributed by atoms with Gasteiger partial charge in [0.2, 0.25) is 11.8 Å². The highest BCUT2D eigenvalue weighted by molar-refractivity contribution is 6.24. The van der Waals surface area contributed by atoms with E-state index in [1.165, 1.54) is 20.1 Å². The summed E-state index contributed by atoms with van der Waals surface area (Å²) in [7, 11) is 1.46. The van der Waals surface area contributed by atoms with E-state index in [0.717, 1.165) is 4.90 Å². The van der Waals surface area contributed by atoms with Crippen molar-refractivity contribution in [1.82, 2.24) is 0 Å². The average Bonchev–Trinajstić information content (AvgIpc) is 3.21. The largest absolute Gasteiger partial charge is 0.495 e. The van der Waals surface area contributed by atoms with Gasteiger partial charge in [-0.15, -0.1) is 0 Å². The number of fused-ring (bicyclic) bond motifs is 5. The third-order valence-electron chi connectivity index (χ3n) is 4.74. The number of nitrogens with zero attached hydrogens (tertiary/aromatic N) is 1. The van der Waals surface area contributed by atoms with E-state index in [9.17, 15) is 14.4 Å². The van der Waals surface area contributed by atoms with Crippen LogP contribution in [-0.2, 0) is 14.3 Å². The maximum Gasteiger partial charge on any atom is 0.240 e. The summed E-state index contributed by atoms with van der Waals surface area (Å²) in [5.41, 5.74) is 0.750. The van der Waals surface area contributed by atoms with Gasteiger partial charge in [0.15, 0.2) is 5.78 Å². The van der Waals surface area contributed by atoms with Gasteiger partial charge in [-0.2, -0.15) is 0 Å². The van der Waals surface area contributed by atoms with Crippen LogP contribution in [0.15, 0.2) is 30.4 Å². The van der Waals surface area contributed by atoms with Crippen LogP contribution in [0.4, 0.5) is 5.69 Å². The number of hydrogen-bond acceptors (Lipinski definition) is 5. The van der Waals surface area contributed by atoms with Crippen LogP contribution >= 0.6 is 0 Å². The number of amides is 2. The second-order valence-corrected chi connectivity index (χ2v) is 5.96. The molecule has 4 atom stereocenters. The number of imide groups is 1. The summed E-state index contributed by atoms with van der Waals surface area (Å²) < 4.78 is 10.9. The number of benzene rings is 1. The van der Waals surface area contributed by atoms with Gasteiger partial charge in [0.05, 0.1) is 36.8 Å². The summed E-state index contributed by atoms with van der Waals surface area (Å²) >= 11 is 0. The lowest BCUT2D eigenvalue weighted by Crippen LogP contribution is -2.34. The Morgan fingerprint density at radius 1 is 1.13 bits per heavy atom. The Hall–Kier alpha value is -2.47. The molecule has 0 aliphatic carbocycles. The van der Waals surface area contributed by atoms with E-state index in [0.29, 0.717) is 17.0 Å². The molecular formula is C17H15NO5. The van der Waals surface area contributed by atoms with Gasteiger partial charge < -0.3 is 9.47 Å². The van der Waals surface area contributed by atoms with Crippen LogP contribution in [0.25, 0.3) is 0 Å². The molecule has 6 heteroatoms. The molecule has 118 valence electrons. The summed E-state index contributed by atoms with van der Waals surface area (Å²) in [5.74, 6) is -1.31. The fourth-order valence-electron chi connectivity index (χ4n) is 3.62. The molecule has 2 fully saturated rings. The molecule has 0 N–H and O–H groups in total.